The van der Waals surface area contributed by atoms with E-state index in [0.717, 1.165) is 45.7 Å². The summed E-state index contributed by atoms with van der Waals surface area (Å²) in [7, 11) is -4.19. The Morgan fingerprint density at radius 3 is 2.44 bits per heavy atom. The molecule has 3 aromatic carbocycles. The Morgan fingerprint density at radius 2 is 1.76 bits per heavy atom. The topological polar surface area (TPSA) is 102 Å². The molecule has 182 valence electrons. The number of phosphoric acid groups is 1. The molecule has 0 aromatic heterocycles. The van der Waals surface area contributed by atoms with E-state index in [-0.39, 0.29) is 18.3 Å². The van der Waals surface area contributed by atoms with Gasteiger partial charge in [0, 0.05) is 20.4 Å². The fraction of sp³-hybridized carbons (Fsp3) is 0.280. The second-order valence-corrected chi connectivity index (χ2v) is 10.9. The summed E-state index contributed by atoms with van der Waals surface area (Å²) in [4.78, 5) is 11.4. The van der Waals surface area contributed by atoms with Gasteiger partial charge >= 0.3 is 7.82 Å². The maximum Gasteiger partial charge on any atom is 0.488 e. The largest absolute Gasteiger partial charge is 0.507 e. The minimum atomic E-state index is -4.19. The van der Waals surface area contributed by atoms with Crippen LogP contribution in [-0.4, -0.2) is 16.6 Å². The van der Waals surface area contributed by atoms with Gasteiger partial charge in [0.25, 0.3) is 0 Å². The summed E-state index contributed by atoms with van der Waals surface area (Å²) in [6.07, 6.45) is 3.24. The molecule has 0 spiro atoms. The van der Waals surface area contributed by atoms with Gasteiger partial charge in [-0.15, -0.1) is 0 Å². The van der Waals surface area contributed by atoms with E-state index >= 15 is 0 Å². The van der Waals surface area contributed by atoms with Gasteiger partial charge in [-0.1, -0.05) is 73.1 Å². The lowest BCUT2D eigenvalue weighted by Crippen LogP contribution is -2.12. The van der Waals surface area contributed by atoms with Crippen LogP contribution in [0.4, 0.5) is 0 Å². The number of aryl methyl sites for hydroxylation is 1. The van der Waals surface area contributed by atoms with Gasteiger partial charge in [-0.05, 0) is 66.6 Å². The molecule has 0 fully saturated rings. The predicted molar refractivity (Wildman–Crippen MR) is 137 cm³/mol. The zero-order valence-electron chi connectivity index (χ0n) is 18.9. The van der Waals surface area contributed by atoms with Gasteiger partial charge in [0.2, 0.25) is 0 Å². The van der Waals surface area contributed by atoms with Gasteiger partial charge in [-0.25, -0.2) is 15.1 Å². The minimum Gasteiger partial charge on any atom is -0.507 e. The summed E-state index contributed by atoms with van der Waals surface area (Å²) in [5, 5.41) is 11.0. The summed E-state index contributed by atoms with van der Waals surface area (Å²) in [6, 6.07) is 21.3. The third kappa shape index (κ3) is 7.85. The first-order valence-electron chi connectivity index (χ1n) is 11.0. The number of phenolic OH excluding ortho intramolecular Hbond substituents is 1. The van der Waals surface area contributed by atoms with E-state index in [0.29, 0.717) is 11.4 Å². The van der Waals surface area contributed by atoms with Crippen LogP contribution in [0.25, 0.3) is 11.1 Å². The van der Waals surface area contributed by atoms with E-state index in [2.05, 4.69) is 11.5 Å². The van der Waals surface area contributed by atoms with Crippen molar-refractivity contribution in [3.63, 3.8) is 0 Å². The van der Waals surface area contributed by atoms with Gasteiger partial charge in [-0.2, -0.15) is 0 Å². The highest BCUT2D eigenvalue weighted by atomic mass is 35.5. The van der Waals surface area contributed by atoms with Crippen molar-refractivity contribution in [2.45, 2.75) is 42.4 Å². The van der Waals surface area contributed by atoms with Crippen LogP contribution in [0.1, 0.15) is 31.7 Å². The molecular weight excluding hydrogens is 493 g/mol. The molecule has 6 nitrogen and oxygen atoms in total. The molecule has 0 bridgehead atoms. The van der Waals surface area contributed by atoms with Crippen LogP contribution in [-0.2, 0) is 20.1 Å². The van der Waals surface area contributed by atoms with Crippen LogP contribution < -0.4 is 5.90 Å². The van der Waals surface area contributed by atoms with Gasteiger partial charge in [-0.3, -0.25) is 4.52 Å². The van der Waals surface area contributed by atoms with Crippen molar-refractivity contribution in [2.75, 3.05) is 6.61 Å². The lowest BCUT2D eigenvalue weighted by Gasteiger charge is -2.18. The number of nitrogens with two attached hydrogens (primary N) is 1. The third-order valence-electron chi connectivity index (χ3n) is 5.44. The van der Waals surface area contributed by atoms with Crippen molar-refractivity contribution < 1.29 is 23.7 Å². The highest BCUT2D eigenvalue weighted by Gasteiger charge is 2.22. The summed E-state index contributed by atoms with van der Waals surface area (Å²) < 4.78 is 20.4. The molecule has 4 N–H and O–H groups in total. The van der Waals surface area contributed by atoms with Gasteiger partial charge < -0.3 is 10.00 Å². The van der Waals surface area contributed by atoms with E-state index in [1.54, 1.807) is 17.8 Å². The molecule has 2 unspecified atom stereocenters. The molecule has 2 atom stereocenters. The monoisotopic (exact) mass is 521 g/mol. The van der Waals surface area contributed by atoms with Crippen molar-refractivity contribution in [3.8, 4) is 16.9 Å². The fourth-order valence-electron chi connectivity index (χ4n) is 3.67. The Bertz CT molecular complexity index is 1130. The summed E-state index contributed by atoms with van der Waals surface area (Å²) in [6.45, 7) is 2.14. The van der Waals surface area contributed by atoms with Crippen LogP contribution in [0.2, 0.25) is 5.02 Å². The second-order valence-electron chi connectivity index (χ2n) is 7.96. The van der Waals surface area contributed by atoms with Crippen molar-refractivity contribution in [1.29, 1.82) is 0 Å². The number of hydrogen-bond donors (Lipinski definition) is 3. The molecule has 9 heteroatoms. The Hall–Kier alpha value is -1.83. The molecule has 3 aromatic rings. The molecule has 0 saturated heterocycles. The molecule has 0 aliphatic carbocycles. The fourth-order valence-corrected chi connectivity index (χ4v) is 5.36. The van der Waals surface area contributed by atoms with Crippen LogP contribution in [0.3, 0.4) is 0 Å². The van der Waals surface area contributed by atoms with E-state index < -0.39 is 7.82 Å². The van der Waals surface area contributed by atoms with Crippen LogP contribution in [0, 0.1) is 5.92 Å². The van der Waals surface area contributed by atoms with Crippen molar-refractivity contribution in [2.24, 2.45) is 11.8 Å². The average molecular weight is 522 g/mol. The first kappa shape index (κ1) is 26.8. The first-order chi connectivity index (χ1) is 16.3. The molecule has 0 radical (unpaired) electrons. The zero-order chi connectivity index (χ0) is 24.6. The van der Waals surface area contributed by atoms with E-state index in [1.165, 1.54) is 0 Å². The molecule has 0 amide bonds. The van der Waals surface area contributed by atoms with Crippen molar-refractivity contribution in [3.05, 3.63) is 77.3 Å². The molecular formula is C25H29ClNO5PS. The second kappa shape index (κ2) is 12.8. The van der Waals surface area contributed by atoms with Crippen molar-refractivity contribution in [1.82, 2.24) is 0 Å². The Labute approximate surface area is 209 Å². The summed E-state index contributed by atoms with van der Waals surface area (Å²) >= 11 is 8.15. The number of halogens is 1. The van der Waals surface area contributed by atoms with Gasteiger partial charge in [0.05, 0.1) is 6.61 Å². The Balaban J connectivity index is 1.65. The molecule has 0 aliphatic heterocycles. The van der Waals surface area contributed by atoms with E-state index in [4.69, 9.17) is 22.0 Å². The SMILES string of the molecule is CCCC(CCc1ccc(Sc2ccc(O)c(-c3ccccc3)c2)cc1Cl)COP(=O)(O)ON. The predicted octanol–water partition coefficient (Wildman–Crippen LogP) is 7.22. The quantitative estimate of drug-likeness (QED) is 0.171. The molecule has 3 rings (SSSR count). The lowest BCUT2D eigenvalue weighted by atomic mass is 9.96. The number of phenols is 1. The maximum atomic E-state index is 11.5. The zero-order valence-corrected chi connectivity index (χ0v) is 21.4. The van der Waals surface area contributed by atoms with Crippen LogP contribution >= 0.6 is 31.2 Å². The maximum absolute atomic E-state index is 11.5. The number of benzene rings is 3. The number of aromatic hydroxyl groups is 1. The highest BCUT2D eigenvalue weighted by Crippen LogP contribution is 2.42. The number of rotatable bonds is 12. The number of phosphoric ester groups is 1. The van der Waals surface area contributed by atoms with Crippen LogP contribution in [0.15, 0.2) is 76.5 Å². The third-order valence-corrected chi connectivity index (χ3v) is 7.51. The molecule has 34 heavy (non-hydrogen) atoms. The lowest BCUT2D eigenvalue weighted by molar-refractivity contribution is 0.127. The summed E-state index contributed by atoms with van der Waals surface area (Å²) in [5.74, 6) is 5.12. The highest BCUT2D eigenvalue weighted by molar-refractivity contribution is 7.99. The molecule has 0 saturated carbocycles. The minimum absolute atomic E-state index is 0.0825. The summed E-state index contributed by atoms with van der Waals surface area (Å²) in [5.41, 5.74) is 2.74. The smallest absolute Gasteiger partial charge is 0.488 e. The van der Waals surface area contributed by atoms with E-state index in [9.17, 15) is 14.6 Å². The Kier molecular flexibility index (Phi) is 10.0. The van der Waals surface area contributed by atoms with Crippen molar-refractivity contribution >= 4 is 31.2 Å². The number of hydrogen-bond acceptors (Lipinski definition) is 6. The molecule has 0 aliphatic rings. The van der Waals surface area contributed by atoms with Crippen LogP contribution in [0.5, 0.6) is 5.75 Å². The van der Waals surface area contributed by atoms with Gasteiger partial charge in [0.1, 0.15) is 5.75 Å². The van der Waals surface area contributed by atoms with Gasteiger partial charge in [0.15, 0.2) is 0 Å². The molecule has 0 heterocycles. The first-order valence-corrected chi connectivity index (χ1v) is 13.7. The average Bonchev–Trinajstić information content (AvgIpc) is 2.83. The normalized spacial score (nSPS) is 14.0. The Morgan fingerprint density at radius 1 is 1.06 bits per heavy atom. The van der Waals surface area contributed by atoms with E-state index in [1.807, 2.05) is 60.7 Å². The standard InChI is InChI=1S/C25H29ClNO5PS/c1-2-6-18(17-31-33(29,30)32-27)9-10-20-11-12-22(16-24(20)26)34-21-13-14-25(28)23(15-21)19-7-4-3-5-8-19/h3-5,7-8,11-16,18,28H,2,6,9-10,17,27H2,1H3,(H,29,30).